The molecule has 3 heterocycles. The molecule has 0 amide bonds. The number of fused-ring (bicyclic) bond motifs is 2. The molecule has 0 fully saturated rings. The summed E-state index contributed by atoms with van der Waals surface area (Å²) in [5, 5.41) is 5.73. The van der Waals surface area contributed by atoms with Crippen molar-refractivity contribution in [2.45, 2.75) is 52.0 Å². The molecule has 0 bridgehead atoms. The number of H-pyrrole nitrogens is 1. The summed E-state index contributed by atoms with van der Waals surface area (Å²) in [6.45, 7) is 6.76. The third kappa shape index (κ3) is 2.19. The average Bonchev–Trinajstić information content (AvgIpc) is 3.01. The molecular weight excluding hydrogens is 248 g/mol. The molecule has 0 aliphatic rings. The summed E-state index contributed by atoms with van der Waals surface area (Å²) in [5.41, 5.74) is 3.05. The normalized spacial score (nSPS) is 12.6. The summed E-state index contributed by atoms with van der Waals surface area (Å²) in [4.78, 5) is 7.78. The van der Waals surface area contributed by atoms with Gasteiger partial charge in [0.25, 0.3) is 0 Å². The predicted octanol–water partition coefficient (Wildman–Crippen LogP) is 4.23. The van der Waals surface area contributed by atoms with E-state index in [9.17, 15) is 0 Å². The number of hydrogen-bond donors (Lipinski definition) is 1. The molecule has 3 aromatic rings. The monoisotopic (exact) mass is 270 g/mol. The Bertz CT molecular complexity index is 720. The smallest absolute Gasteiger partial charge is 0.138 e. The Hall–Kier alpha value is -1.84. The van der Waals surface area contributed by atoms with Crippen LogP contribution in [0.1, 0.15) is 46.5 Å². The van der Waals surface area contributed by atoms with Gasteiger partial charge in [-0.1, -0.05) is 26.2 Å². The molecule has 0 radical (unpaired) electrons. The van der Waals surface area contributed by atoms with E-state index in [2.05, 4.69) is 52.7 Å². The lowest BCUT2D eigenvalue weighted by molar-refractivity contribution is 0.294. The number of hydrogen-bond acceptors (Lipinski definition) is 2. The number of aromatic amines is 1. The molecular formula is C16H22N4. The third-order valence-corrected chi connectivity index (χ3v) is 4.03. The quantitative estimate of drug-likeness (QED) is 0.705. The highest BCUT2D eigenvalue weighted by atomic mass is 15.3. The second-order valence-electron chi connectivity index (χ2n) is 6.13. The van der Waals surface area contributed by atoms with E-state index in [1.807, 2.05) is 12.4 Å². The highest BCUT2D eigenvalue weighted by Crippen LogP contribution is 2.28. The van der Waals surface area contributed by atoms with Gasteiger partial charge in [0.15, 0.2) is 0 Å². The first-order chi connectivity index (χ1) is 9.62. The van der Waals surface area contributed by atoms with Crippen LogP contribution in [0.5, 0.6) is 0 Å². The first kappa shape index (κ1) is 13.2. The van der Waals surface area contributed by atoms with E-state index in [-0.39, 0.29) is 5.54 Å². The molecule has 0 aliphatic carbocycles. The van der Waals surface area contributed by atoms with Crippen molar-refractivity contribution in [3.05, 3.63) is 24.5 Å². The molecule has 0 unspecified atom stereocenters. The molecule has 0 aromatic carbocycles. The molecule has 0 aliphatic heterocycles. The molecule has 0 saturated carbocycles. The van der Waals surface area contributed by atoms with Gasteiger partial charge in [0.2, 0.25) is 0 Å². The van der Waals surface area contributed by atoms with Crippen molar-refractivity contribution in [2.75, 3.05) is 0 Å². The van der Waals surface area contributed by atoms with E-state index in [0.29, 0.717) is 0 Å². The molecule has 0 atom stereocenters. The number of nitrogens with zero attached hydrogens (tertiary/aromatic N) is 3. The van der Waals surface area contributed by atoms with E-state index < -0.39 is 0 Å². The van der Waals surface area contributed by atoms with Crippen LogP contribution in [0, 0.1) is 0 Å². The molecule has 20 heavy (non-hydrogen) atoms. The zero-order chi connectivity index (χ0) is 14.2. The molecule has 3 aromatic heterocycles. The fourth-order valence-electron chi connectivity index (χ4n) is 2.82. The zero-order valence-electron chi connectivity index (χ0n) is 12.5. The Balaban J connectivity index is 2.01. The molecule has 4 heteroatoms. The summed E-state index contributed by atoms with van der Waals surface area (Å²) in [6, 6.07) is 4.24. The van der Waals surface area contributed by atoms with Crippen LogP contribution >= 0.6 is 0 Å². The maximum atomic E-state index is 4.63. The Kier molecular flexibility index (Phi) is 3.24. The predicted molar refractivity (Wildman–Crippen MR) is 82.8 cm³/mol. The van der Waals surface area contributed by atoms with E-state index >= 15 is 0 Å². The van der Waals surface area contributed by atoms with E-state index in [1.54, 1.807) is 0 Å². The Morgan fingerprint density at radius 2 is 2.15 bits per heavy atom. The summed E-state index contributed by atoms with van der Waals surface area (Å²) in [5.74, 6) is 0. The summed E-state index contributed by atoms with van der Waals surface area (Å²) >= 11 is 0. The van der Waals surface area contributed by atoms with Crippen LogP contribution in [-0.4, -0.2) is 19.7 Å². The number of rotatable bonds is 5. The molecule has 4 nitrogen and oxygen atoms in total. The summed E-state index contributed by atoms with van der Waals surface area (Å²) < 4.78 is 2.14. The first-order valence-electron chi connectivity index (χ1n) is 7.44. The largest absolute Gasteiger partial charge is 0.346 e. The first-order valence-corrected chi connectivity index (χ1v) is 7.44. The molecule has 106 valence electrons. The Morgan fingerprint density at radius 1 is 1.30 bits per heavy atom. The second kappa shape index (κ2) is 4.93. The van der Waals surface area contributed by atoms with Gasteiger partial charge in [0, 0.05) is 11.6 Å². The van der Waals surface area contributed by atoms with Gasteiger partial charge in [0.05, 0.1) is 17.3 Å². The average molecular weight is 270 g/mol. The van der Waals surface area contributed by atoms with Gasteiger partial charge in [-0.3, -0.25) is 4.68 Å². The lowest BCUT2D eigenvalue weighted by Gasteiger charge is -2.26. The van der Waals surface area contributed by atoms with Gasteiger partial charge >= 0.3 is 0 Å². The SMILES string of the molecule is CCCCCC(C)(C)n1ncc2nc3[nH]ccc3cc21. The van der Waals surface area contributed by atoms with Gasteiger partial charge in [-0.05, 0) is 32.4 Å². The molecule has 0 spiro atoms. The van der Waals surface area contributed by atoms with Crippen molar-refractivity contribution in [1.82, 2.24) is 19.7 Å². The van der Waals surface area contributed by atoms with Crippen molar-refractivity contribution >= 4 is 22.1 Å². The number of nitrogens with one attached hydrogen (secondary N) is 1. The van der Waals surface area contributed by atoms with Gasteiger partial charge in [0.1, 0.15) is 11.2 Å². The number of unbranched alkanes of at least 4 members (excludes halogenated alkanes) is 2. The maximum absolute atomic E-state index is 4.63. The topological polar surface area (TPSA) is 46.5 Å². The Labute approximate surface area is 119 Å². The van der Waals surface area contributed by atoms with Crippen LogP contribution in [-0.2, 0) is 5.54 Å². The van der Waals surface area contributed by atoms with Crippen LogP contribution in [0.15, 0.2) is 24.5 Å². The fraction of sp³-hybridized carbons (Fsp3) is 0.500. The molecule has 3 rings (SSSR count). The van der Waals surface area contributed by atoms with Crippen molar-refractivity contribution in [3.63, 3.8) is 0 Å². The van der Waals surface area contributed by atoms with Crippen LogP contribution in [0.3, 0.4) is 0 Å². The van der Waals surface area contributed by atoms with Crippen molar-refractivity contribution in [1.29, 1.82) is 0 Å². The fourth-order valence-corrected chi connectivity index (χ4v) is 2.82. The third-order valence-electron chi connectivity index (χ3n) is 4.03. The van der Waals surface area contributed by atoms with Crippen molar-refractivity contribution in [2.24, 2.45) is 0 Å². The molecule has 1 N–H and O–H groups in total. The van der Waals surface area contributed by atoms with Crippen LogP contribution in [0.2, 0.25) is 0 Å². The lowest BCUT2D eigenvalue weighted by Crippen LogP contribution is -2.27. The zero-order valence-corrected chi connectivity index (χ0v) is 12.5. The van der Waals surface area contributed by atoms with E-state index in [4.69, 9.17) is 0 Å². The second-order valence-corrected chi connectivity index (χ2v) is 6.13. The van der Waals surface area contributed by atoms with E-state index in [1.165, 1.54) is 19.3 Å². The van der Waals surface area contributed by atoms with Crippen LogP contribution in [0.25, 0.3) is 22.1 Å². The minimum atomic E-state index is 0.0303. The molecule has 0 saturated heterocycles. The van der Waals surface area contributed by atoms with Crippen LogP contribution < -0.4 is 0 Å². The van der Waals surface area contributed by atoms with Gasteiger partial charge in [-0.15, -0.1) is 0 Å². The lowest BCUT2D eigenvalue weighted by atomic mass is 9.97. The van der Waals surface area contributed by atoms with Crippen molar-refractivity contribution < 1.29 is 0 Å². The Morgan fingerprint density at radius 3 is 2.95 bits per heavy atom. The summed E-state index contributed by atoms with van der Waals surface area (Å²) in [7, 11) is 0. The standard InChI is InChI=1S/C16H22N4/c1-4-5-6-8-16(2,3)20-14-10-12-7-9-17-15(12)19-13(14)11-18-20/h7,9-11H,4-6,8H2,1-3H3,(H,17,19). The highest BCUT2D eigenvalue weighted by Gasteiger charge is 2.23. The number of aromatic nitrogens is 4. The summed E-state index contributed by atoms with van der Waals surface area (Å²) in [6.07, 6.45) is 8.72. The highest BCUT2D eigenvalue weighted by molar-refractivity contribution is 5.89. The van der Waals surface area contributed by atoms with E-state index in [0.717, 1.165) is 28.5 Å². The maximum Gasteiger partial charge on any atom is 0.138 e. The van der Waals surface area contributed by atoms with Crippen LogP contribution in [0.4, 0.5) is 0 Å². The number of pyridine rings is 1. The van der Waals surface area contributed by atoms with Gasteiger partial charge in [-0.25, -0.2) is 4.98 Å². The van der Waals surface area contributed by atoms with Gasteiger partial charge < -0.3 is 4.98 Å². The minimum Gasteiger partial charge on any atom is -0.346 e. The minimum absolute atomic E-state index is 0.0303. The van der Waals surface area contributed by atoms with Crippen molar-refractivity contribution in [3.8, 4) is 0 Å². The van der Waals surface area contributed by atoms with Gasteiger partial charge in [-0.2, -0.15) is 5.10 Å².